The van der Waals surface area contributed by atoms with Gasteiger partial charge in [0.2, 0.25) is 0 Å². The van der Waals surface area contributed by atoms with Crippen molar-refractivity contribution in [2.24, 2.45) is 0 Å². The summed E-state index contributed by atoms with van der Waals surface area (Å²) in [7, 11) is 0. The van der Waals surface area contributed by atoms with Crippen molar-refractivity contribution in [2.75, 3.05) is 24.6 Å². The van der Waals surface area contributed by atoms with Crippen LogP contribution in [0.3, 0.4) is 0 Å². The van der Waals surface area contributed by atoms with Gasteiger partial charge in [0, 0.05) is 18.5 Å². The van der Waals surface area contributed by atoms with Gasteiger partial charge in [0.05, 0.1) is 24.8 Å². The zero-order valence-corrected chi connectivity index (χ0v) is 13.9. The standard InChI is InChI=1S/C17H20N6O/c1-12-20-13(2)23(21-12)10-14-9-22(7-8-24-14)17-15-5-3-4-6-16(15)18-11-19-17/h3-6,11,14H,7-10H2,1-2H3. The van der Waals surface area contributed by atoms with E-state index in [9.17, 15) is 0 Å². The quantitative estimate of drug-likeness (QED) is 0.731. The first-order valence-electron chi connectivity index (χ1n) is 8.15. The van der Waals surface area contributed by atoms with E-state index < -0.39 is 0 Å². The molecule has 0 amide bonds. The second-order valence-electron chi connectivity index (χ2n) is 6.04. The van der Waals surface area contributed by atoms with Crippen molar-refractivity contribution < 1.29 is 4.74 Å². The highest BCUT2D eigenvalue weighted by Gasteiger charge is 2.24. The maximum Gasteiger partial charge on any atom is 0.147 e. The minimum atomic E-state index is 0.0623. The molecule has 124 valence electrons. The molecule has 0 aliphatic carbocycles. The Labute approximate surface area is 140 Å². The number of rotatable bonds is 3. The van der Waals surface area contributed by atoms with Crippen molar-refractivity contribution >= 4 is 16.7 Å². The Bertz CT molecular complexity index is 856. The molecular weight excluding hydrogens is 304 g/mol. The van der Waals surface area contributed by atoms with Crippen LogP contribution in [0, 0.1) is 13.8 Å². The molecule has 1 aliphatic rings. The lowest BCUT2D eigenvalue weighted by molar-refractivity contribution is 0.0268. The first-order chi connectivity index (χ1) is 11.7. The number of benzene rings is 1. The lowest BCUT2D eigenvalue weighted by Gasteiger charge is -2.34. The third-order valence-electron chi connectivity index (χ3n) is 4.30. The van der Waals surface area contributed by atoms with Crippen molar-refractivity contribution in [2.45, 2.75) is 26.5 Å². The van der Waals surface area contributed by atoms with Gasteiger partial charge in [0.25, 0.3) is 0 Å². The summed E-state index contributed by atoms with van der Waals surface area (Å²) in [5.41, 5.74) is 0.966. The van der Waals surface area contributed by atoms with E-state index in [1.165, 1.54) is 0 Å². The van der Waals surface area contributed by atoms with Crippen LogP contribution in [0.5, 0.6) is 0 Å². The van der Waals surface area contributed by atoms with Crippen LogP contribution in [0.1, 0.15) is 11.6 Å². The Hall–Kier alpha value is -2.54. The van der Waals surface area contributed by atoms with Crippen molar-refractivity contribution in [3.8, 4) is 0 Å². The summed E-state index contributed by atoms with van der Waals surface area (Å²) in [5.74, 6) is 2.68. The zero-order chi connectivity index (χ0) is 16.5. The molecule has 0 N–H and O–H groups in total. The van der Waals surface area contributed by atoms with Gasteiger partial charge in [-0.25, -0.2) is 19.6 Å². The van der Waals surface area contributed by atoms with E-state index in [1.807, 2.05) is 36.7 Å². The van der Waals surface area contributed by atoms with Crippen molar-refractivity contribution in [3.05, 3.63) is 42.2 Å². The number of ether oxygens (including phenoxy) is 1. The molecule has 1 fully saturated rings. The molecule has 0 saturated carbocycles. The molecule has 24 heavy (non-hydrogen) atoms. The molecule has 1 saturated heterocycles. The number of para-hydroxylation sites is 1. The van der Waals surface area contributed by atoms with Crippen molar-refractivity contribution in [1.29, 1.82) is 0 Å². The third-order valence-corrected chi connectivity index (χ3v) is 4.30. The van der Waals surface area contributed by atoms with E-state index in [4.69, 9.17) is 4.74 Å². The second-order valence-corrected chi connectivity index (χ2v) is 6.04. The first-order valence-corrected chi connectivity index (χ1v) is 8.15. The third kappa shape index (κ3) is 2.82. The number of nitrogens with zero attached hydrogens (tertiary/aromatic N) is 6. The van der Waals surface area contributed by atoms with Crippen molar-refractivity contribution in [1.82, 2.24) is 24.7 Å². The highest BCUT2D eigenvalue weighted by molar-refractivity contribution is 5.89. The predicted octanol–water partition coefficient (Wildman–Crippen LogP) is 1.74. The molecule has 0 spiro atoms. The van der Waals surface area contributed by atoms with Crippen LogP contribution in [0.4, 0.5) is 5.82 Å². The van der Waals surface area contributed by atoms with Crippen LogP contribution in [-0.2, 0) is 11.3 Å². The minimum absolute atomic E-state index is 0.0623. The van der Waals surface area contributed by atoms with Crippen LogP contribution in [0.25, 0.3) is 10.9 Å². The average Bonchev–Trinajstić information content (AvgIpc) is 2.92. The molecule has 2 aromatic heterocycles. The average molecular weight is 324 g/mol. The number of fused-ring (bicyclic) bond motifs is 1. The maximum absolute atomic E-state index is 5.94. The number of morpholine rings is 1. The van der Waals surface area contributed by atoms with E-state index in [2.05, 4.69) is 31.0 Å². The Morgan fingerprint density at radius 3 is 2.92 bits per heavy atom. The molecule has 1 aromatic carbocycles. The summed E-state index contributed by atoms with van der Waals surface area (Å²) >= 11 is 0. The highest BCUT2D eigenvalue weighted by Crippen LogP contribution is 2.24. The predicted molar refractivity (Wildman–Crippen MR) is 91.0 cm³/mol. The van der Waals surface area contributed by atoms with Crippen molar-refractivity contribution in [3.63, 3.8) is 0 Å². The van der Waals surface area contributed by atoms with E-state index in [1.54, 1.807) is 6.33 Å². The fourth-order valence-electron chi connectivity index (χ4n) is 3.19. The van der Waals surface area contributed by atoms with E-state index in [0.717, 1.165) is 41.5 Å². The fraction of sp³-hybridized carbons (Fsp3) is 0.412. The van der Waals surface area contributed by atoms with Gasteiger partial charge in [-0.3, -0.25) is 0 Å². The fourth-order valence-corrected chi connectivity index (χ4v) is 3.19. The molecule has 7 nitrogen and oxygen atoms in total. The lowest BCUT2D eigenvalue weighted by atomic mass is 10.2. The van der Waals surface area contributed by atoms with Crippen LogP contribution in [0.2, 0.25) is 0 Å². The van der Waals surface area contributed by atoms with E-state index >= 15 is 0 Å². The number of aryl methyl sites for hydroxylation is 2. The number of anilines is 1. The smallest absolute Gasteiger partial charge is 0.147 e. The maximum atomic E-state index is 5.94. The molecule has 3 heterocycles. The normalized spacial score (nSPS) is 18.2. The molecule has 3 aromatic rings. The largest absolute Gasteiger partial charge is 0.373 e. The van der Waals surface area contributed by atoms with Gasteiger partial charge in [0.15, 0.2) is 0 Å². The molecular formula is C17H20N6O. The number of aromatic nitrogens is 5. The summed E-state index contributed by atoms with van der Waals surface area (Å²) in [6, 6.07) is 8.10. The van der Waals surface area contributed by atoms with Crippen LogP contribution < -0.4 is 4.90 Å². The SMILES string of the molecule is Cc1nc(C)n(CC2CN(c3ncnc4ccccc34)CCO2)n1. The van der Waals surface area contributed by atoms with Crippen LogP contribution in [0.15, 0.2) is 30.6 Å². The molecule has 7 heteroatoms. The summed E-state index contributed by atoms with van der Waals surface area (Å²) in [5, 5.41) is 5.51. The van der Waals surface area contributed by atoms with Gasteiger partial charge in [-0.15, -0.1) is 0 Å². The summed E-state index contributed by atoms with van der Waals surface area (Å²) in [4.78, 5) is 15.5. The van der Waals surface area contributed by atoms with Crippen LogP contribution >= 0.6 is 0 Å². The summed E-state index contributed by atoms with van der Waals surface area (Å²) < 4.78 is 7.85. The van der Waals surface area contributed by atoms with Gasteiger partial charge in [-0.1, -0.05) is 12.1 Å². The lowest BCUT2D eigenvalue weighted by Crippen LogP contribution is -2.45. The number of hydrogen-bond donors (Lipinski definition) is 0. The van der Waals surface area contributed by atoms with Gasteiger partial charge in [-0.05, 0) is 26.0 Å². The van der Waals surface area contributed by atoms with E-state index in [-0.39, 0.29) is 6.10 Å². The minimum Gasteiger partial charge on any atom is -0.373 e. The molecule has 4 rings (SSSR count). The van der Waals surface area contributed by atoms with Crippen LogP contribution in [-0.4, -0.2) is 50.5 Å². The Morgan fingerprint density at radius 1 is 1.21 bits per heavy atom. The Morgan fingerprint density at radius 2 is 2.08 bits per heavy atom. The van der Waals surface area contributed by atoms with Gasteiger partial charge in [0.1, 0.15) is 23.8 Å². The highest BCUT2D eigenvalue weighted by atomic mass is 16.5. The van der Waals surface area contributed by atoms with Gasteiger partial charge < -0.3 is 9.64 Å². The first kappa shape index (κ1) is 15.0. The second kappa shape index (κ2) is 6.16. The topological polar surface area (TPSA) is 69.0 Å². The monoisotopic (exact) mass is 324 g/mol. The van der Waals surface area contributed by atoms with Gasteiger partial charge >= 0.3 is 0 Å². The van der Waals surface area contributed by atoms with E-state index in [0.29, 0.717) is 13.2 Å². The molecule has 1 unspecified atom stereocenters. The number of hydrogen-bond acceptors (Lipinski definition) is 6. The zero-order valence-electron chi connectivity index (χ0n) is 13.9. The van der Waals surface area contributed by atoms with Gasteiger partial charge in [-0.2, -0.15) is 5.10 Å². The molecule has 1 atom stereocenters. The Balaban J connectivity index is 1.57. The molecule has 0 bridgehead atoms. The Kier molecular flexibility index (Phi) is 3.86. The summed E-state index contributed by atoms with van der Waals surface area (Å²) in [6.45, 7) is 6.86. The summed E-state index contributed by atoms with van der Waals surface area (Å²) in [6.07, 6.45) is 1.69. The molecule has 0 radical (unpaired) electrons. The molecule has 1 aliphatic heterocycles.